The molecule has 1 aromatic heterocycles. The Hall–Kier alpha value is -3.01. The largest absolute Gasteiger partial charge is 0.340 e. The lowest BCUT2D eigenvalue weighted by Crippen LogP contribution is -2.05. The van der Waals surface area contributed by atoms with E-state index in [4.69, 9.17) is 0 Å². The summed E-state index contributed by atoms with van der Waals surface area (Å²) < 4.78 is 0. The minimum Gasteiger partial charge on any atom is -0.340 e. The lowest BCUT2D eigenvalue weighted by atomic mass is 10.1. The van der Waals surface area contributed by atoms with Crippen LogP contribution >= 0.6 is 0 Å². The molecule has 3 aromatic rings. The normalized spacial score (nSPS) is 10.2. The standard InChI is InChI=1S/C18H15N3O/c1-13-19-17(14-8-4-2-5-9-14)16(12-22)18(20-13)21-15-10-6-3-7-11-15/h2-12H,1H3,(H,19,20,21). The van der Waals surface area contributed by atoms with Gasteiger partial charge in [-0.25, -0.2) is 9.97 Å². The van der Waals surface area contributed by atoms with Gasteiger partial charge in [-0.05, 0) is 19.1 Å². The van der Waals surface area contributed by atoms with Gasteiger partial charge in [0.1, 0.15) is 11.6 Å². The first-order valence-electron chi connectivity index (χ1n) is 6.99. The second kappa shape index (κ2) is 6.18. The molecule has 0 fully saturated rings. The summed E-state index contributed by atoms with van der Waals surface area (Å²) in [6.45, 7) is 1.82. The maximum Gasteiger partial charge on any atom is 0.155 e. The van der Waals surface area contributed by atoms with Gasteiger partial charge in [-0.15, -0.1) is 0 Å². The number of aryl methyl sites for hydroxylation is 1. The number of benzene rings is 2. The Morgan fingerprint density at radius 1 is 0.909 bits per heavy atom. The van der Waals surface area contributed by atoms with Crippen LogP contribution in [0.5, 0.6) is 0 Å². The predicted molar refractivity (Wildman–Crippen MR) is 87.3 cm³/mol. The summed E-state index contributed by atoms with van der Waals surface area (Å²) in [6.07, 6.45) is 0.799. The maximum atomic E-state index is 11.6. The van der Waals surface area contributed by atoms with Crippen molar-refractivity contribution in [2.24, 2.45) is 0 Å². The van der Waals surface area contributed by atoms with Gasteiger partial charge in [0, 0.05) is 11.3 Å². The van der Waals surface area contributed by atoms with Crippen LogP contribution in [0, 0.1) is 6.92 Å². The molecular formula is C18H15N3O. The van der Waals surface area contributed by atoms with Crippen LogP contribution in [-0.2, 0) is 0 Å². The van der Waals surface area contributed by atoms with E-state index in [0.29, 0.717) is 22.9 Å². The van der Waals surface area contributed by atoms with Crippen molar-refractivity contribution in [1.82, 2.24) is 9.97 Å². The van der Waals surface area contributed by atoms with E-state index in [1.807, 2.05) is 67.6 Å². The molecule has 22 heavy (non-hydrogen) atoms. The molecule has 0 saturated heterocycles. The zero-order valence-electron chi connectivity index (χ0n) is 12.2. The first-order valence-corrected chi connectivity index (χ1v) is 6.99. The number of nitrogens with zero attached hydrogens (tertiary/aromatic N) is 2. The fourth-order valence-electron chi connectivity index (χ4n) is 2.26. The van der Waals surface area contributed by atoms with Crippen LogP contribution in [0.1, 0.15) is 16.2 Å². The van der Waals surface area contributed by atoms with Crippen molar-refractivity contribution in [3.63, 3.8) is 0 Å². The number of anilines is 2. The van der Waals surface area contributed by atoms with E-state index in [1.54, 1.807) is 0 Å². The first kappa shape index (κ1) is 13.9. The van der Waals surface area contributed by atoms with Gasteiger partial charge in [0.15, 0.2) is 6.29 Å². The van der Waals surface area contributed by atoms with Gasteiger partial charge in [0.2, 0.25) is 0 Å². The molecule has 4 nitrogen and oxygen atoms in total. The van der Waals surface area contributed by atoms with Crippen LogP contribution in [0.25, 0.3) is 11.3 Å². The number of rotatable bonds is 4. The van der Waals surface area contributed by atoms with Crippen molar-refractivity contribution in [3.05, 3.63) is 72.1 Å². The smallest absolute Gasteiger partial charge is 0.155 e. The fourth-order valence-corrected chi connectivity index (χ4v) is 2.26. The van der Waals surface area contributed by atoms with E-state index >= 15 is 0 Å². The zero-order chi connectivity index (χ0) is 15.4. The number of para-hydroxylation sites is 1. The Bertz CT molecular complexity index is 786. The minimum atomic E-state index is 0.459. The molecule has 0 aliphatic heterocycles. The average molecular weight is 289 g/mol. The second-order valence-corrected chi connectivity index (χ2v) is 4.86. The zero-order valence-corrected chi connectivity index (χ0v) is 12.2. The Labute approximate surface area is 128 Å². The van der Waals surface area contributed by atoms with Crippen molar-refractivity contribution in [2.45, 2.75) is 6.92 Å². The van der Waals surface area contributed by atoms with E-state index in [2.05, 4.69) is 15.3 Å². The van der Waals surface area contributed by atoms with E-state index in [0.717, 1.165) is 17.5 Å². The molecule has 108 valence electrons. The topological polar surface area (TPSA) is 54.9 Å². The van der Waals surface area contributed by atoms with Crippen molar-refractivity contribution in [2.75, 3.05) is 5.32 Å². The Morgan fingerprint density at radius 3 is 2.18 bits per heavy atom. The minimum absolute atomic E-state index is 0.459. The molecule has 1 N–H and O–H groups in total. The summed E-state index contributed by atoms with van der Waals surface area (Å²) in [7, 11) is 0. The van der Waals surface area contributed by atoms with E-state index in [-0.39, 0.29) is 0 Å². The molecule has 0 aliphatic rings. The number of nitrogens with one attached hydrogen (secondary N) is 1. The number of aldehydes is 1. The summed E-state index contributed by atoms with van der Waals surface area (Å²) in [5, 5.41) is 3.19. The Balaban J connectivity index is 2.11. The fraction of sp³-hybridized carbons (Fsp3) is 0.0556. The third-order valence-corrected chi connectivity index (χ3v) is 3.26. The molecule has 0 amide bonds. The molecular weight excluding hydrogens is 274 g/mol. The van der Waals surface area contributed by atoms with Crippen LogP contribution in [-0.4, -0.2) is 16.3 Å². The number of hydrogen-bond acceptors (Lipinski definition) is 4. The molecule has 3 rings (SSSR count). The van der Waals surface area contributed by atoms with Gasteiger partial charge < -0.3 is 5.32 Å². The molecule has 0 unspecified atom stereocenters. The van der Waals surface area contributed by atoms with Gasteiger partial charge in [0.05, 0.1) is 11.3 Å². The van der Waals surface area contributed by atoms with Crippen LogP contribution in [0.3, 0.4) is 0 Å². The highest BCUT2D eigenvalue weighted by molar-refractivity contribution is 5.92. The quantitative estimate of drug-likeness (QED) is 0.737. The Kier molecular flexibility index (Phi) is 3.92. The maximum absolute atomic E-state index is 11.6. The van der Waals surface area contributed by atoms with Crippen LogP contribution in [0.2, 0.25) is 0 Å². The van der Waals surface area contributed by atoms with Gasteiger partial charge >= 0.3 is 0 Å². The first-order chi connectivity index (χ1) is 10.8. The van der Waals surface area contributed by atoms with E-state index in [1.165, 1.54) is 0 Å². The monoisotopic (exact) mass is 289 g/mol. The van der Waals surface area contributed by atoms with Gasteiger partial charge in [-0.3, -0.25) is 4.79 Å². The van der Waals surface area contributed by atoms with Crippen LogP contribution < -0.4 is 5.32 Å². The molecule has 0 spiro atoms. The molecule has 0 radical (unpaired) electrons. The summed E-state index contributed by atoms with van der Waals surface area (Å²) >= 11 is 0. The highest BCUT2D eigenvalue weighted by atomic mass is 16.1. The molecule has 0 saturated carbocycles. The highest BCUT2D eigenvalue weighted by Gasteiger charge is 2.14. The van der Waals surface area contributed by atoms with Crippen molar-refractivity contribution < 1.29 is 4.79 Å². The average Bonchev–Trinajstić information content (AvgIpc) is 2.56. The number of hydrogen-bond donors (Lipinski definition) is 1. The third-order valence-electron chi connectivity index (χ3n) is 3.26. The molecule has 4 heteroatoms. The predicted octanol–water partition coefficient (Wildman–Crippen LogP) is 4.01. The SMILES string of the molecule is Cc1nc(Nc2ccccc2)c(C=O)c(-c2ccccc2)n1. The number of carbonyl (C=O) groups excluding carboxylic acids is 1. The summed E-state index contributed by atoms with van der Waals surface area (Å²) in [5.74, 6) is 1.13. The molecule has 1 heterocycles. The summed E-state index contributed by atoms with van der Waals surface area (Å²) in [6, 6.07) is 19.3. The van der Waals surface area contributed by atoms with E-state index < -0.39 is 0 Å². The van der Waals surface area contributed by atoms with Crippen molar-refractivity contribution in [1.29, 1.82) is 0 Å². The van der Waals surface area contributed by atoms with Crippen LogP contribution in [0.15, 0.2) is 60.7 Å². The number of aromatic nitrogens is 2. The lowest BCUT2D eigenvalue weighted by molar-refractivity contribution is 0.112. The highest BCUT2D eigenvalue weighted by Crippen LogP contribution is 2.27. The molecule has 2 aromatic carbocycles. The van der Waals surface area contributed by atoms with Crippen molar-refractivity contribution in [3.8, 4) is 11.3 Å². The molecule has 0 aliphatic carbocycles. The third kappa shape index (κ3) is 2.86. The van der Waals surface area contributed by atoms with Gasteiger partial charge in [-0.2, -0.15) is 0 Å². The number of carbonyl (C=O) groups is 1. The Morgan fingerprint density at radius 2 is 1.55 bits per heavy atom. The molecule has 0 atom stereocenters. The van der Waals surface area contributed by atoms with Crippen LogP contribution in [0.4, 0.5) is 11.5 Å². The summed E-state index contributed by atoms with van der Waals surface area (Å²) in [4.78, 5) is 20.4. The van der Waals surface area contributed by atoms with Crippen molar-refractivity contribution >= 4 is 17.8 Å². The van der Waals surface area contributed by atoms with Gasteiger partial charge in [-0.1, -0.05) is 48.5 Å². The lowest BCUT2D eigenvalue weighted by Gasteiger charge is -2.12. The molecule has 0 bridgehead atoms. The second-order valence-electron chi connectivity index (χ2n) is 4.86. The van der Waals surface area contributed by atoms with E-state index in [9.17, 15) is 4.79 Å². The summed E-state index contributed by atoms with van der Waals surface area (Å²) in [5.41, 5.74) is 2.87. The van der Waals surface area contributed by atoms with Gasteiger partial charge in [0.25, 0.3) is 0 Å².